The Morgan fingerprint density at radius 2 is 2.05 bits per heavy atom. The lowest BCUT2D eigenvalue weighted by Gasteiger charge is -2.29. The van der Waals surface area contributed by atoms with Crippen LogP contribution >= 0.6 is 0 Å². The second-order valence-electron chi connectivity index (χ2n) is 5.02. The first-order valence-corrected chi connectivity index (χ1v) is 6.70. The van der Waals surface area contributed by atoms with E-state index < -0.39 is 0 Å². The van der Waals surface area contributed by atoms with Crippen molar-refractivity contribution < 1.29 is 9.47 Å². The van der Waals surface area contributed by atoms with Crippen LogP contribution in [0.1, 0.15) is 12.5 Å². The van der Waals surface area contributed by atoms with Crippen LogP contribution in [0.25, 0.3) is 0 Å². The summed E-state index contributed by atoms with van der Waals surface area (Å²) in [5.74, 6) is 0. The van der Waals surface area contributed by atoms with Gasteiger partial charge in [-0.15, -0.1) is 0 Å². The molecule has 1 fully saturated rings. The Balaban J connectivity index is 2.01. The van der Waals surface area contributed by atoms with Crippen LogP contribution in [-0.2, 0) is 16.1 Å². The third-order valence-electron chi connectivity index (χ3n) is 3.03. The zero-order valence-corrected chi connectivity index (χ0v) is 11.5. The Bertz CT molecular complexity index is 404. The molecule has 5 heteroatoms. The van der Waals surface area contributed by atoms with Crippen molar-refractivity contribution in [3.63, 3.8) is 0 Å². The number of rotatable bonds is 5. The fourth-order valence-electron chi connectivity index (χ4n) is 2.15. The normalized spacial score (nSPS) is 17.5. The third kappa shape index (κ3) is 4.38. The maximum Gasteiger partial charge on any atom is 0.0719 e. The summed E-state index contributed by atoms with van der Waals surface area (Å²) in [4.78, 5) is 2.29. The quantitative estimate of drug-likeness (QED) is 0.776. The van der Waals surface area contributed by atoms with Crippen LogP contribution in [0.4, 0.5) is 11.4 Å². The van der Waals surface area contributed by atoms with Gasteiger partial charge in [-0.25, -0.2) is 0 Å². The van der Waals surface area contributed by atoms with Crippen LogP contribution in [-0.4, -0.2) is 39.0 Å². The van der Waals surface area contributed by atoms with Crippen molar-refractivity contribution in [3.8, 4) is 0 Å². The highest BCUT2D eigenvalue weighted by atomic mass is 16.5. The summed E-state index contributed by atoms with van der Waals surface area (Å²) >= 11 is 0. The summed E-state index contributed by atoms with van der Waals surface area (Å²) in [5, 5.41) is 0. The molecule has 1 heterocycles. The van der Waals surface area contributed by atoms with E-state index in [9.17, 15) is 0 Å². The van der Waals surface area contributed by atoms with E-state index in [2.05, 4.69) is 11.0 Å². The van der Waals surface area contributed by atoms with E-state index in [1.54, 1.807) is 0 Å². The monoisotopic (exact) mass is 265 g/mol. The van der Waals surface area contributed by atoms with Crippen LogP contribution in [0.15, 0.2) is 18.2 Å². The average Bonchev–Trinajstić information content (AvgIpc) is 2.39. The fourth-order valence-corrected chi connectivity index (χ4v) is 2.15. The molecule has 0 radical (unpaired) electrons. The minimum atomic E-state index is 0.0553. The van der Waals surface area contributed by atoms with Gasteiger partial charge in [0.05, 0.1) is 26.4 Å². The summed E-state index contributed by atoms with van der Waals surface area (Å²) in [6.45, 7) is 6.38. The van der Waals surface area contributed by atoms with Gasteiger partial charge in [0, 0.05) is 30.5 Å². The number of nitrogens with two attached hydrogens (primary N) is 2. The topological polar surface area (TPSA) is 73.7 Å². The van der Waals surface area contributed by atoms with Gasteiger partial charge in [-0.1, -0.05) is 0 Å². The summed E-state index contributed by atoms with van der Waals surface area (Å²) in [6.07, 6.45) is 0. The van der Waals surface area contributed by atoms with Crippen LogP contribution in [0.2, 0.25) is 0 Å². The fraction of sp³-hybridized carbons (Fsp3) is 0.571. The molecule has 0 aromatic heterocycles. The Labute approximate surface area is 114 Å². The lowest BCUT2D eigenvalue weighted by molar-refractivity contribution is 0.111. The molecule has 1 atom stereocenters. The van der Waals surface area contributed by atoms with E-state index in [-0.39, 0.29) is 6.04 Å². The van der Waals surface area contributed by atoms with E-state index in [4.69, 9.17) is 20.9 Å². The summed E-state index contributed by atoms with van der Waals surface area (Å²) in [5.41, 5.74) is 14.6. The van der Waals surface area contributed by atoms with Crippen molar-refractivity contribution in [1.29, 1.82) is 0 Å². The number of hydrogen-bond acceptors (Lipinski definition) is 5. The predicted molar refractivity (Wildman–Crippen MR) is 77.2 cm³/mol. The lowest BCUT2D eigenvalue weighted by atomic mass is 10.1. The van der Waals surface area contributed by atoms with Crippen LogP contribution in [0.5, 0.6) is 0 Å². The standard InChI is InChI=1S/C14H23N3O2/c1-11(15)9-19-10-12-6-13(16)8-14(7-12)17-2-4-18-5-3-17/h6-8,11H,2-5,9-10,15-16H2,1H3/t11-/m1/s1. The van der Waals surface area contributed by atoms with E-state index >= 15 is 0 Å². The van der Waals surface area contributed by atoms with Crippen molar-refractivity contribution >= 4 is 11.4 Å². The van der Waals surface area contributed by atoms with Gasteiger partial charge in [0.2, 0.25) is 0 Å². The van der Waals surface area contributed by atoms with Gasteiger partial charge in [-0.05, 0) is 30.7 Å². The molecule has 1 aliphatic heterocycles. The van der Waals surface area contributed by atoms with Gasteiger partial charge in [-0.3, -0.25) is 0 Å². The first-order valence-electron chi connectivity index (χ1n) is 6.70. The number of nitrogens with zero attached hydrogens (tertiary/aromatic N) is 1. The van der Waals surface area contributed by atoms with Gasteiger partial charge >= 0.3 is 0 Å². The van der Waals surface area contributed by atoms with Gasteiger partial charge in [0.15, 0.2) is 0 Å². The number of anilines is 2. The molecular formula is C14H23N3O2. The van der Waals surface area contributed by atoms with E-state index in [1.165, 1.54) is 0 Å². The molecule has 0 amide bonds. The smallest absolute Gasteiger partial charge is 0.0719 e. The second-order valence-corrected chi connectivity index (χ2v) is 5.02. The van der Waals surface area contributed by atoms with Crippen LogP contribution in [0.3, 0.4) is 0 Å². The van der Waals surface area contributed by atoms with Gasteiger partial charge < -0.3 is 25.8 Å². The highest BCUT2D eigenvalue weighted by molar-refractivity contribution is 5.58. The minimum Gasteiger partial charge on any atom is -0.399 e. The van der Waals surface area contributed by atoms with Crippen molar-refractivity contribution in [3.05, 3.63) is 23.8 Å². The van der Waals surface area contributed by atoms with Gasteiger partial charge in [-0.2, -0.15) is 0 Å². The zero-order chi connectivity index (χ0) is 13.7. The van der Waals surface area contributed by atoms with Crippen molar-refractivity contribution in [2.75, 3.05) is 43.5 Å². The molecule has 0 spiro atoms. The SMILES string of the molecule is C[C@@H](N)COCc1cc(N)cc(N2CCOCC2)c1. The highest BCUT2D eigenvalue weighted by Crippen LogP contribution is 2.22. The van der Waals surface area contributed by atoms with Gasteiger partial charge in [0.1, 0.15) is 0 Å². The Hall–Kier alpha value is -1.30. The number of ether oxygens (including phenoxy) is 2. The van der Waals surface area contributed by atoms with Crippen molar-refractivity contribution in [2.24, 2.45) is 5.73 Å². The molecule has 1 saturated heterocycles. The maximum absolute atomic E-state index is 5.96. The third-order valence-corrected chi connectivity index (χ3v) is 3.03. The first-order chi connectivity index (χ1) is 9.15. The molecule has 5 nitrogen and oxygen atoms in total. The van der Waals surface area contributed by atoms with Crippen LogP contribution in [0, 0.1) is 0 Å². The second kappa shape index (κ2) is 6.75. The van der Waals surface area contributed by atoms with Crippen molar-refractivity contribution in [1.82, 2.24) is 0 Å². The Morgan fingerprint density at radius 3 is 2.74 bits per heavy atom. The highest BCUT2D eigenvalue weighted by Gasteiger charge is 2.12. The molecule has 0 aliphatic carbocycles. The molecule has 1 aromatic rings. The average molecular weight is 265 g/mol. The summed E-state index contributed by atoms with van der Waals surface area (Å²) in [7, 11) is 0. The maximum atomic E-state index is 5.96. The summed E-state index contributed by atoms with van der Waals surface area (Å²) in [6, 6.07) is 6.13. The van der Waals surface area contributed by atoms with E-state index in [1.807, 2.05) is 19.1 Å². The molecule has 0 saturated carbocycles. The number of benzene rings is 1. The molecule has 0 unspecified atom stereocenters. The summed E-state index contributed by atoms with van der Waals surface area (Å²) < 4.78 is 10.9. The predicted octanol–water partition coefficient (Wildman–Crippen LogP) is 0.969. The van der Waals surface area contributed by atoms with E-state index in [0.717, 1.165) is 43.2 Å². The molecule has 19 heavy (non-hydrogen) atoms. The molecular weight excluding hydrogens is 242 g/mol. The first kappa shape index (κ1) is 14.1. The number of hydrogen-bond donors (Lipinski definition) is 2. The number of morpholine rings is 1. The zero-order valence-electron chi connectivity index (χ0n) is 11.5. The number of nitrogen functional groups attached to an aromatic ring is 1. The van der Waals surface area contributed by atoms with E-state index in [0.29, 0.717) is 13.2 Å². The molecule has 4 N–H and O–H groups in total. The van der Waals surface area contributed by atoms with Crippen molar-refractivity contribution in [2.45, 2.75) is 19.6 Å². The molecule has 106 valence electrons. The molecule has 2 rings (SSSR count). The minimum absolute atomic E-state index is 0.0553. The Morgan fingerprint density at radius 1 is 1.32 bits per heavy atom. The molecule has 1 aliphatic rings. The largest absolute Gasteiger partial charge is 0.399 e. The molecule has 0 bridgehead atoms. The lowest BCUT2D eigenvalue weighted by Crippen LogP contribution is -2.36. The molecule has 1 aromatic carbocycles. The Kier molecular flexibility index (Phi) is 5.01. The van der Waals surface area contributed by atoms with Crippen LogP contribution < -0.4 is 16.4 Å². The van der Waals surface area contributed by atoms with Gasteiger partial charge in [0.25, 0.3) is 0 Å².